The van der Waals surface area contributed by atoms with E-state index >= 15 is 0 Å². The van der Waals surface area contributed by atoms with Crippen molar-refractivity contribution in [3.63, 3.8) is 0 Å². The summed E-state index contributed by atoms with van der Waals surface area (Å²) in [5.41, 5.74) is 1.73. The Bertz CT molecular complexity index is 739. The number of benzene rings is 2. The topological polar surface area (TPSA) is 29.5 Å². The Morgan fingerprint density at radius 3 is 2.41 bits per heavy atom. The van der Waals surface area contributed by atoms with Crippen LogP contribution in [0.4, 0.5) is 5.69 Å². The van der Waals surface area contributed by atoms with Gasteiger partial charge in [-0.3, -0.25) is 9.69 Å². The molecule has 110 valence electrons. The van der Waals surface area contributed by atoms with Gasteiger partial charge in [-0.05, 0) is 35.9 Å². The van der Waals surface area contributed by atoms with Gasteiger partial charge >= 0.3 is 0 Å². The average molecular weight is 327 g/mol. The van der Waals surface area contributed by atoms with Gasteiger partial charge < -0.3 is 4.74 Å². The van der Waals surface area contributed by atoms with E-state index in [-0.39, 0.29) is 5.91 Å². The van der Waals surface area contributed by atoms with E-state index in [2.05, 4.69) is 0 Å². The van der Waals surface area contributed by atoms with Crippen molar-refractivity contribution in [3.8, 4) is 5.75 Å². The van der Waals surface area contributed by atoms with E-state index in [1.165, 1.54) is 11.8 Å². The van der Waals surface area contributed by atoms with Crippen LogP contribution in [0, 0.1) is 0 Å². The third-order valence-electron chi connectivity index (χ3n) is 3.22. The zero-order chi connectivity index (χ0) is 15.5. The van der Waals surface area contributed by atoms with Crippen molar-refractivity contribution in [2.75, 3.05) is 12.0 Å². The van der Waals surface area contributed by atoms with Crippen molar-refractivity contribution in [2.24, 2.45) is 0 Å². The number of thiocarbonyl (C=S) groups is 1. The number of ether oxygens (including phenoxy) is 1. The molecule has 0 spiro atoms. The highest BCUT2D eigenvalue weighted by atomic mass is 32.2. The highest BCUT2D eigenvalue weighted by molar-refractivity contribution is 8.27. The fraction of sp³-hybridized carbons (Fsp3) is 0.0588. The van der Waals surface area contributed by atoms with Crippen LogP contribution in [-0.4, -0.2) is 17.3 Å². The standard InChI is InChI=1S/C17H13NO2S2/c1-20-14-9-7-13(8-10-14)18-16(19)15(22-17(18)21)11-12-5-3-2-4-6-12/h2-11H,1H3/b15-11-. The van der Waals surface area contributed by atoms with E-state index in [1.807, 2.05) is 60.7 Å². The van der Waals surface area contributed by atoms with Crippen LogP contribution in [0.3, 0.4) is 0 Å². The number of hydrogen-bond acceptors (Lipinski definition) is 4. The van der Waals surface area contributed by atoms with Crippen LogP contribution in [0.25, 0.3) is 6.08 Å². The summed E-state index contributed by atoms with van der Waals surface area (Å²) >= 11 is 6.67. The number of methoxy groups -OCH3 is 1. The van der Waals surface area contributed by atoms with E-state index in [1.54, 1.807) is 12.0 Å². The predicted octanol–water partition coefficient (Wildman–Crippen LogP) is 4.10. The van der Waals surface area contributed by atoms with Crippen LogP contribution in [0.5, 0.6) is 5.75 Å². The van der Waals surface area contributed by atoms with E-state index in [0.29, 0.717) is 9.23 Å². The van der Waals surface area contributed by atoms with E-state index in [4.69, 9.17) is 17.0 Å². The van der Waals surface area contributed by atoms with Crippen LogP contribution >= 0.6 is 24.0 Å². The monoisotopic (exact) mass is 327 g/mol. The zero-order valence-corrected chi connectivity index (χ0v) is 13.5. The Hall–Kier alpha value is -2.11. The SMILES string of the molecule is COc1ccc(N2C(=O)/C(=C/c3ccccc3)SC2=S)cc1. The normalized spacial score (nSPS) is 16.4. The lowest BCUT2D eigenvalue weighted by molar-refractivity contribution is -0.113. The summed E-state index contributed by atoms with van der Waals surface area (Å²) in [6, 6.07) is 17.0. The molecule has 0 radical (unpaired) electrons. The third-order valence-corrected chi connectivity index (χ3v) is 4.52. The van der Waals surface area contributed by atoms with Crippen LogP contribution < -0.4 is 9.64 Å². The Labute approximate surface area is 138 Å². The Balaban J connectivity index is 1.89. The first-order valence-electron chi connectivity index (χ1n) is 6.66. The molecule has 1 amide bonds. The number of carbonyl (C=O) groups excluding carboxylic acids is 1. The molecular weight excluding hydrogens is 314 g/mol. The summed E-state index contributed by atoms with van der Waals surface area (Å²) < 4.78 is 5.67. The summed E-state index contributed by atoms with van der Waals surface area (Å²) in [4.78, 5) is 14.8. The third kappa shape index (κ3) is 2.91. The minimum Gasteiger partial charge on any atom is -0.497 e. The second-order valence-corrected chi connectivity index (χ2v) is 6.30. The van der Waals surface area contributed by atoms with Gasteiger partial charge in [-0.1, -0.05) is 54.3 Å². The van der Waals surface area contributed by atoms with Crippen molar-refractivity contribution >= 4 is 46.0 Å². The number of anilines is 1. The maximum atomic E-state index is 12.6. The maximum Gasteiger partial charge on any atom is 0.270 e. The molecule has 2 aromatic carbocycles. The molecule has 0 N–H and O–H groups in total. The Morgan fingerprint density at radius 1 is 1.09 bits per heavy atom. The van der Waals surface area contributed by atoms with Crippen molar-refractivity contribution in [1.82, 2.24) is 0 Å². The molecule has 1 aliphatic heterocycles. The second-order valence-electron chi connectivity index (χ2n) is 4.63. The van der Waals surface area contributed by atoms with Crippen LogP contribution in [0.2, 0.25) is 0 Å². The summed E-state index contributed by atoms with van der Waals surface area (Å²) in [7, 11) is 1.61. The average Bonchev–Trinajstić information content (AvgIpc) is 2.82. The summed E-state index contributed by atoms with van der Waals surface area (Å²) in [6.45, 7) is 0. The lowest BCUT2D eigenvalue weighted by Crippen LogP contribution is -2.27. The zero-order valence-electron chi connectivity index (χ0n) is 11.9. The molecule has 1 heterocycles. The first-order chi connectivity index (χ1) is 10.7. The molecule has 3 rings (SSSR count). The number of rotatable bonds is 3. The molecule has 1 fully saturated rings. The van der Waals surface area contributed by atoms with Gasteiger partial charge in [-0.15, -0.1) is 0 Å². The molecule has 1 aliphatic rings. The molecule has 2 aromatic rings. The van der Waals surface area contributed by atoms with Gasteiger partial charge in [0.15, 0.2) is 4.32 Å². The molecule has 3 nitrogen and oxygen atoms in total. The van der Waals surface area contributed by atoms with Gasteiger partial charge in [-0.25, -0.2) is 0 Å². The smallest absolute Gasteiger partial charge is 0.270 e. The number of carbonyl (C=O) groups is 1. The second kappa shape index (κ2) is 6.34. The molecule has 0 aliphatic carbocycles. The van der Waals surface area contributed by atoms with E-state index in [9.17, 15) is 4.79 Å². The molecular formula is C17H13NO2S2. The maximum absolute atomic E-state index is 12.6. The summed E-state index contributed by atoms with van der Waals surface area (Å²) in [5, 5.41) is 0. The predicted molar refractivity (Wildman–Crippen MR) is 95.1 cm³/mol. The van der Waals surface area contributed by atoms with Crippen molar-refractivity contribution in [1.29, 1.82) is 0 Å². The fourth-order valence-corrected chi connectivity index (χ4v) is 3.42. The van der Waals surface area contributed by atoms with Gasteiger partial charge in [0.2, 0.25) is 0 Å². The van der Waals surface area contributed by atoms with E-state index in [0.717, 1.165) is 17.0 Å². The highest BCUT2D eigenvalue weighted by Crippen LogP contribution is 2.36. The fourth-order valence-electron chi connectivity index (χ4n) is 2.12. The lowest BCUT2D eigenvalue weighted by atomic mass is 10.2. The number of hydrogen-bond donors (Lipinski definition) is 0. The van der Waals surface area contributed by atoms with Gasteiger partial charge in [0, 0.05) is 0 Å². The quantitative estimate of drug-likeness (QED) is 0.627. The molecule has 5 heteroatoms. The van der Waals surface area contributed by atoms with Crippen molar-refractivity contribution in [3.05, 3.63) is 65.1 Å². The molecule has 1 saturated heterocycles. The number of amides is 1. The molecule has 22 heavy (non-hydrogen) atoms. The van der Waals surface area contributed by atoms with Crippen LogP contribution in [0.1, 0.15) is 5.56 Å². The minimum atomic E-state index is -0.0935. The Kier molecular flexibility index (Phi) is 4.27. The van der Waals surface area contributed by atoms with Gasteiger partial charge in [0.25, 0.3) is 5.91 Å². The van der Waals surface area contributed by atoms with Crippen LogP contribution in [-0.2, 0) is 4.79 Å². The van der Waals surface area contributed by atoms with Gasteiger partial charge in [-0.2, -0.15) is 0 Å². The van der Waals surface area contributed by atoms with E-state index < -0.39 is 0 Å². The lowest BCUT2D eigenvalue weighted by Gasteiger charge is -2.14. The molecule has 0 aromatic heterocycles. The minimum absolute atomic E-state index is 0.0935. The first-order valence-corrected chi connectivity index (χ1v) is 7.88. The van der Waals surface area contributed by atoms with Crippen LogP contribution in [0.15, 0.2) is 59.5 Å². The molecule has 0 unspecified atom stereocenters. The number of thioether (sulfide) groups is 1. The molecule has 0 bridgehead atoms. The molecule has 0 atom stereocenters. The molecule has 0 saturated carbocycles. The first kappa shape index (κ1) is 14.8. The Morgan fingerprint density at radius 2 is 1.77 bits per heavy atom. The summed E-state index contributed by atoms with van der Waals surface area (Å²) in [5.74, 6) is 0.651. The highest BCUT2D eigenvalue weighted by Gasteiger charge is 2.33. The van der Waals surface area contributed by atoms with Gasteiger partial charge in [0.1, 0.15) is 5.75 Å². The van der Waals surface area contributed by atoms with Gasteiger partial charge in [0.05, 0.1) is 17.7 Å². The number of nitrogens with zero attached hydrogens (tertiary/aromatic N) is 1. The van der Waals surface area contributed by atoms with Crippen molar-refractivity contribution in [2.45, 2.75) is 0 Å². The largest absolute Gasteiger partial charge is 0.497 e. The summed E-state index contributed by atoms with van der Waals surface area (Å²) in [6.07, 6.45) is 1.86. The van der Waals surface area contributed by atoms with Crippen molar-refractivity contribution < 1.29 is 9.53 Å².